The topological polar surface area (TPSA) is 36.4 Å². The Morgan fingerprint density at radius 3 is 2.48 bits per heavy atom. The molecule has 0 unspecified atom stereocenters. The third kappa shape index (κ3) is 3.71. The molecule has 0 radical (unpaired) electrons. The van der Waals surface area contributed by atoms with Crippen molar-refractivity contribution in [1.29, 1.82) is 0 Å². The largest absolute Gasteiger partial charge is 0.336 e. The first-order valence-electron chi connectivity index (χ1n) is 7.84. The number of rotatable bonds is 3. The lowest BCUT2D eigenvalue weighted by atomic mass is 10.1. The molecule has 1 saturated heterocycles. The van der Waals surface area contributed by atoms with Gasteiger partial charge in [-0.05, 0) is 42.8 Å². The van der Waals surface area contributed by atoms with Crippen LogP contribution in [0.25, 0.3) is 0 Å². The molecule has 0 N–H and O–H groups in total. The fourth-order valence-corrected chi connectivity index (χ4v) is 3.16. The third-order valence-corrected chi connectivity index (χ3v) is 4.64. The number of carbonyl (C=O) groups excluding carboxylic acids is 1. The minimum absolute atomic E-state index is 0.0590. The van der Waals surface area contributed by atoms with Gasteiger partial charge < -0.3 is 4.90 Å². The first-order valence-corrected chi connectivity index (χ1v) is 8.22. The Morgan fingerprint density at radius 2 is 1.83 bits per heavy atom. The maximum Gasteiger partial charge on any atom is 0.253 e. The lowest BCUT2D eigenvalue weighted by Crippen LogP contribution is -2.49. The van der Waals surface area contributed by atoms with E-state index >= 15 is 0 Å². The van der Waals surface area contributed by atoms with Crippen LogP contribution in [0.4, 0.5) is 0 Å². The van der Waals surface area contributed by atoms with Crippen molar-refractivity contribution in [1.82, 2.24) is 14.8 Å². The van der Waals surface area contributed by atoms with Crippen molar-refractivity contribution in [3.8, 4) is 0 Å². The smallest absolute Gasteiger partial charge is 0.253 e. The summed E-state index contributed by atoms with van der Waals surface area (Å²) >= 11 is 5.98. The molecule has 2 heterocycles. The molecule has 1 aliphatic rings. The van der Waals surface area contributed by atoms with E-state index in [-0.39, 0.29) is 5.91 Å². The van der Waals surface area contributed by atoms with E-state index in [9.17, 15) is 4.79 Å². The van der Waals surface area contributed by atoms with E-state index in [1.54, 1.807) is 12.1 Å². The zero-order valence-electron chi connectivity index (χ0n) is 13.2. The lowest BCUT2D eigenvalue weighted by molar-refractivity contribution is 0.0582. The monoisotopic (exact) mass is 329 g/mol. The molecule has 1 fully saturated rings. The average Bonchev–Trinajstić information content (AvgIpc) is 2.61. The second-order valence-corrected chi connectivity index (χ2v) is 6.23. The van der Waals surface area contributed by atoms with E-state index in [0.717, 1.165) is 26.2 Å². The number of carbonyl (C=O) groups is 1. The van der Waals surface area contributed by atoms with Crippen molar-refractivity contribution in [2.24, 2.45) is 0 Å². The highest BCUT2D eigenvalue weighted by Gasteiger charge is 2.25. The molecule has 2 aromatic rings. The highest BCUT2D eigenvalue weighted by Crippen LogP contribution is 2.21. The van der Waals surface area contributed by atoms with Gasteiger partial charge in [-0.25, -0.2) is 0 Å². The number of hydrogen-bond donors (Lipinski definition) is 0. The molecular weight excluding hydrogens is 310 g/mol. The number of amides is 1. The van der Waals surface area contributed by atoms with Crippen LogP contribution in [0.3, 0.4) is 0 Å². The van der Waals surface area contributed by atoms with Crippen molar-refractivity contribution in [2.75, 3.05) is 26.2 Å². The summed E-state index contributed by atoms with van der Waals surface area (Å²) in [4.78, 5) is 20.9. The summed E-state index contributed by atoms with van der Waals surface area (Å²) in [7, 11) is 0. The highest BCUT2D eigenvalue weighted by molar-refractivity contribution is 6.30. The van der Waals surface area contributed by atoms with Crippen molar-refractivity contribution in [3.05, 3.63) is 64.9 Å². The molecule has 23 heavy (non-hydrogen) atoms. The van der Waals surface area contributed by atoms with Gasteiger partial charge in [0.25, 0.3) is 5.91 Å². The number of halogens is 1. The van der Waals surface area contributed by atoms with Gasteiger partial charge in [-0.3, -0.25) is 14.7 Å². The summed E-state index contributed by atoms with van der Waals surface area (Å²) in [6.45, 7) is 5.41. The van der Waals surface area contributed by atoms with Gasteiger partial charge in [0.1, 0.15) is 0 Å². The van der Waals surface area contributed by atoms with Crippen molar-refractivity contribution in [3.63, 3.8) is 0 Å². The van der Waals surface area contributed by atoms with Crippen LogP contribution in [-0.2, 0) is 0 Å². The third-order valence-electron chi connectivity index (χ3n) is 4.41. The van der Waals surface area contributed by atoms with Crippen LogP contribution in [0.1, 0.15) is 28.9 Å². The molecular formula is C18H20ClN3O. The Bertz CT molecular complexity index is 669. The molecule has 0 spiro atoms. The molecule has 1 aliphatic heterocycles. The van der Waals surface area contributed by atoms with E-state index in [1.165, 1.54) is 5.56 Å². The summed E-state index contributed by atoms with van der Waals surface area (Å²) in [5.74, 6) is 0.0590. The predicted molar refractivity (Wildman–Crippen MR) is 91.6 cm³/mol. The van der Waals surface area contributed by atoms with Crippen LogP contribution < -0.4 is 0 Å². The van der Waals surface area contributed by atoms with Crippen molar-refractivity contribution >= 4 is 17.5 Å². The number of piperazine rings is 1. The second-order valence-electron chi connectivity index (χ2n) is 5.80. The Morgan fingerprint density at radius 1 is 1.13 bits per heavy atom. The minimum atomic E-state index is 0.0590. The van der Waals surface area contributed by atoms with Crippen LogP contribution in [0.2, 0.25) is 5.02 Å². The molecule has 5 heteroatoms. The Labute approximate surface area is 141 Å². The molecule has 4 nitrogen and oxygen atoms in total. The van der Waals surface area contributed by atoms with Crippen molar-refractivity contribution < 1.29 is 4.79 Å². The van der Waals surface area contributed by atoms with Crippen LogP contribution in [0.5, 0.6) is 0 Å². The maximum absolute atomic E-state index is 12.5. The Balaban J connectivity index is 1.61. The summed E-state index contributed by atoms with van der Waals surface area (Å²) in [6, 6.07) is 11.6. The van der Waals surface area contributed by atoms with Gasteiger partial charge in [0.05, 0.1) is 0 Å². The quantitative estimate of drug-likeness (QED) is 0.867. The normalized spacial score (nSPS) is 17.0. The first kappa shape index (κ1) is 16.0. The SMILES string of the molecule is C[C@H](c1ccncc1)N1CCN(C(=O)c2cccc(Cl)c2)CC1. The Hall–Kier alpha value is -1.91. The van der Waals surface area contributed by atoms with Gasteiger partial charge in [0, 0.05) is 55.2 Å². The summed E-state index contributed by atoms with van der Waals surface area (Å²) in [5.41, 5.74) is 1.92. The minimum Gasteiger partial charge on any atom is -0.336 e. The zero-order chi connectivity index (χ0) is 16.2. The molecule has 1 amide bonds. The van der Waals surface area contributed by atoms with Gasteiger partial charge in [-0.2, -0.15) is 0 Å². The molecule has 3 rings (SSSR count). The summed E-state index contributed by atoms with van der Waals surface area (Å²) in [5, 5.41) is 0.598. The molecule has 0 bridgehead atoms. The molecule has 1 aromatic carbocycles. The number of pyridine rings is 1. The molecule has 0 saturated carbocycles. The van der Waals surface area contributed by atoms with E-state index < -0.39 is 0 Å². The first-order chi connectivity index (χ1) is 11.1. The molecule has 1 atom stereocenters. The number of nitrogens with zero attached hydrogens (tertiary/aromatic N) is 3. The van der Waals surface area contributed by atoms with E-state index in [0.29, 0.717) is 16.6 Å². The van der Waals surface area contributed by atoms with Crippen LogP contribution >= 0.6 is 11.6 Å². The van der Waals surface area contributed by atoms with Crippen LogP contribution in [0, 0.1) is 0 Å². The van der Waals surface area contributed by atoms with Gasteiger partial charge in [0.2, 0.25) is 0 Å². The second kappa shape index (κ2) is 7.11. The zero-order valence-corrected chi connectivity index (χ0v) is 13.9. The van der Waals surface area contributed by atoms with E-state index in [4.69, 9.17) is 11.6 Å². The summed E-state index contributed by atoms with van der Waals surface area (Å²) < 4.78 is 0. The summed E-state index contributed by atoms with van der Waals surface area (Å²) in [6.07, 6.45) is 3.65. The fraction of sp³-hybridized carbons (Fsp3) is 0.333. The highest BCUT2D eigenvalue weighted by atomic mass is 35.5. The molecule has 0 aliphatic carbocycles. The Kier molecular flexibility index (Phi) is 4.94. The number of benzene rings is 1. The van der Waals surface area contributed by atoms with Gasteiger partial charge in [0.15, 0.2) is 0 Å². The maximum atomic E-state index is 12.5. The fourth-order valence-electron chi connectivity index (χ4n) is 2.97. The van der Waals surface area contributed by atoms with Gasteiger partial charge in [-0.15, -0.1) is 0 Å². The van der Waals surface area contributed by atoms with Gasteiger partial charge >= 0.3 is 0 Å². The molecule has 120 valence electrons. The van der Waals surface area contributed by atoms with E-state index in [1.807, 2.05) is 41.6 Å². The number of hydrogen-bond acceptors (Lipinski definition) is 3. The predicted octanol–water partition coefficient (Wildman–Crippen LogP) is 3.25. The van der Waals surface area contributed by atoms with Crippen LogP contribution in [0.15, 0.2) is 48.8 Å². The standard InChI is InChI=1S/C18H20ClN3O/c1-14(15-5-7-20-8-6-15)21-9-11-22(12-10-21)18(23)16-3-2-4-17(19)13-16/h2-8,13-14H,9-12H2,1H3/t14-/m1/s1. The van der Waals surface area contributed by atoms with Gasteiger partial charge in [-0.1, -0.05) is 17.7 Å². The lowest BCUT2D eigenvalue weighted by Gasteiger charge is -2.38. The average molecular weight is 330 g/mol. The number of aromatic nitrogens is 1. The van der Waals surface area contributed by atoms with Crippen LogP contribution in [-0.4, -0.2) is 46.9 Å². The van der Waals surface area contributed by atoms with Crippen molar-refractivity contribution in [2.45, 2.75) is 13.0 Å². The molecule has 1 aromatic heterocycles. The van der Waals surface area contributed by atoms with E-state index in [2.05, 4.69) is 16.8 Å².